The summed E-state index contributed by atoms with van der Waals surface area (Å²) in [7, 11) is 4.08. The molecule has 3 rings (SSSR count). The number of nitrogens with one attached hydrogen (secondary N) is 1. The summed E-state index contributed by atoms with van der Waals surface area (Å²) in [4.78, 5) is 14.6. The fourth-order valence-electron chi connectivity index (χ4n) is 2.70. The normalized spacial score (nSPS) is 16.5. The maximum absolute atomic E-state index is 12.4. The largest absolute Gasteiger partial charge is 0.350 e. The van der Waals surface area contributed by atoms with Crippen molar-refractivity contribution in [2.45, 2.75) is 10.6 Å². The average molecular weight is 379 g/mol. The van der Waals surface area contributed by atoms with E-state index in [1.165, 1.54) is 22.6 Å². The molecule has 3 nitrogen and oxygen atoms in total. The Morgan fingerprint density at radius 1 is 1.21 bits per heavy atom. The third-order valence-electron chi connectivity index (χ3n) is 4.07. The molecule has 1 fully saturated rings. The molecule has 1 atom stereocenters. The van der Waals surface area contributed by atoms with Crippen LogP contribution < -0.4 is 5.32 Å². The van der Waals surface area contributed by atoms with Gasteiger partial charge in [0, 0.05) is 23.6 Å². The number of hydrogen-bond donors (Lipinski definition) is 1. The molecule has 1 aromatic heterocycles. The van der Waals surface area contributed by atoms with Crippen LogP contribution in [0.1, 0.15) is 32.1 Å². The highest BCUT2D eigenvalue weighted by atomic mass is 32.2. The molecular formula is C18H22N2OS3. The Balaban J connectivity index is 1.60. The molecule has 1 N–H and O–H groups in total. The van der Waals surface area contributed by atoms with Crippen LogP contribution in [0.2, 0.25) is 0 Å². The Kier molecular flexibility index (Phi) is 6.27. The van der Waals surface area contributed by atoms with Crippen LogP contribution in [-0.4, -0.2) is 43.0 Å². The van der Waals surface area contributed by atoms with Crippen LogP contribution in [0.5, 0.6) is 0 Å². The van der Waals surface area contributed by atoms with Gasteiger partial charge in [0.25, 0.3) is 5.91 Å². The van der Waals surface area contributed by atoms with Crippen molar-refractivity contribution < 1.29 is 4.79 Å². The second kappa shape index (κ2) is 8.43. The van der Waals surface area contributed by atoms with Gasteiger partial charge in [-0.3, -0.25) is 4.79 Å². The summed E-state index contributed by atoms with van der Waals surface area (Å²) in [5.41, 5.74) is 3.29. The summed E-state index contributed by atoms with van der Waals surface area (Å²) >= 11 is 5.65. The monoisotopic (exact) mass is 378 g/mol. The van der Waals surface area contributed by atoms with Gasteiger partial charge in [0.15, 0.2) is 0 Å². The molecule has 1 saturated heterocycles. The Bertz CT molecular complexity index is 649. The highest BCUT2D eigenvalue weighted by Gasteiger charge is 2.19. The molecule has 128 valence electrons. The molecule has 6 heteroatoms. The van der Waals surface area contributed by atoms with Crippen molar-refractivity contribution in [3.8, 4) is 0 Å². The Hall–Kier alpha value is -0.950. The molecule has 0 bridgehead atoms. The lowest BCUT2D eigenvalue weighted by Gasteiger charge is -2.24. The van der Waals surface area contributed by atoms with Crippen LogP contribution in [0, 0.1) is 0 Å². The quantitative estimate of drug-likeness (QED) is 0.814. The van der Waals surface area contributed by atoms with Crippen molar-refractivity contribution in [2.24, 2.45) is 0 Å². The molecule has 1 unspecified atom stereocenters. The zero-order chi connectivity index (χ0) is 16.9. The zero-order valence-electron chi connectivity index (χ0n) is 13.9. The van der Waals surface area contributed by atoms with E-state index >= 15 is 0 Å². The number of thiophene rings is 1. The van der Waals surface area contributed by atoms with Crippen molar-refractivity contribution in [1.82, 2.24) is 10.2 Å². The molecule has 2 heterocycles. The molecule has 2 aromatic rings. The number of amides is 1. The Morgan fingerprint density at radius 2 is 1.92 bits per heavy atom. The first-order chi connectivity index (χ1) is 11.6. The van der Waals surface area contributed by atoms with Gasteiger partial charge < -0.3 is 10.2 Å². The first-order valence-electron chi connectivity index (χ1n) is 7.95. The van der Waals surface area contributed by atoms with E-state index in [-0.39, 0.29) is 11.9 Å². The molecule has 1 aliphatic rings. The lowest BCUT2D eigenvalue weighted by atomic mass is 10.1. The zero-order valence-corrected chi connectivity index (χ0v) is 16.3. The van der Waals surface area contributed by atoms with E-state index < -0.39 is 0 Å². The van der Waals surface area contributed by atoms with Crippen molar-refractivity contribution >= 4 is 40.8 Å². The standard InChI is InChI=1S/C18H22N2OS3/c1-20(2)16(15-7-8-22-12-15)11-19-17(21)13-3-5-14(6-4-13)18-23-9-10-24-18/h3-8,12,16,18H,9-11H2,1-2H3,(H,19,21). The number of carbonyl (C=O) groups is 1. The summed E-state index contributed by atoms with van der Waals surface area (Å²) in [6.07, 6.45) is 0. The van der Waals surface area contributed by atoms with Crippen LogP contribution in [0.3, 0.4) is 0 Å². The minimum absolute atomic E-state index is 0.00430. The third-order valence-corrected chi connectivity index (χ3v) is 7.88. The smallest absolute Gasteiger partial charge is 0.251 e. The van der Waals surface area contributed by atoms with Crippen LogP contribution in [0.15, 0.2) is 41.1 Å². The summed E-state index contributed by atoms with van der Waals surface area (Å²) < 4.78 is 0.527. The van der Waals surface area contributed by atoms with Gasteiger partial charge in [0.05, 0.1) is 10.6 Å². The minimum atomic E-state index is -0.00430. The second-order valence-electron chi connectivity index (χ2n) is 5.94. The molecule has 24 heavy (non-hydrogen) atoms. The topological polar surface area (TPSA) is 32.3 Å². The van der Waals surface area contributed by atoms with Gasteiger partial charge in [-0.2, -0.15) is 11.3 Å². The van der Waals surface area contributed by atoms with Gasteiger partial charge in [0.1, 0.15) is 0 Å². The van der Waals surface area contributed by atoms with E-state index in [9.17, 15) is 4.79 Å². The first kappa shape index (κ1) is 17.9. The molecule has 1 aromatic carbocycles. The van der Waals surface area contributed by atoms with E-state index in [2.05, 4.69) is 39.2 Å². The van der Waals surface area contributed by atoms with E-state index in [1.807, 2.05) is 49.8 Å². The summed E-state index contributed by atoms with van der Waals surface area (Å²) in [6, 6.07) is 10.4. The SMILES string of the molecule is CN(C)C(CNC(=O)c1ccc(C2SCCS2)cc1)c1ccsc1. The van der Waals surface area contributed by atoms with Crippen molar-refractivity contribution in [1.29, 1.82) is 0 Å². The number of rotatable bonds is 6. The van der Waals surface area contributed by atoms with Crippen LogP contribution in [0.4, 0.5) is 0 Å². The Morgan fingerprint density at radius 3 is 2.50 bits per heavy atom. The summed E-state index contributed by atoms with van der Waals surface area (Å²) in [5.74, 6) is 2.42. The van der Waals surface area contributed by atoms with Gasteiger partial charge in [-0.1, -0.05) is 12.1 Å². The van der Waals surface area contributed by atoms with Gasteiger partial charge >= 0.3 is 0 Å². The second-order valence-corrected chi connectivity index (χ2v) is 9.45. The van der Waals surface area contributed by atoms with E-state index in [4.69, 9.17) is 0 Å². The molecule has 1 aliphatic heterocycles. The third kappa shape index (κ3) is 4.36. The predicted octanol–water partition coefficient (Wildman–Crippen LogP) is 4.26. The van der Waals surface area contributed by atoms with E-state index in [0.29, 0.717) is 11.1 Å². The van der Waals surface area contributed by atoms with Crippen LogP contribution in [0.25, 0.3) is 0 Å². The van der Waals surface area contributed by atoms with Gasteiger partial charge in [0.2, 0.25) is 0 Å². The lowest BCUT2D eigenvalue weighted by molar-refractivity contribution is 0.0942. The molecule has 1 amide bonds. The van der Waals surface area contributed by atoms with Gasteiger partial charge in [-0.05, 0) is 54.2 Å². The highest BCUT2D eigenvalue weighted by Crippen LogP contribution is 2.45. The average Bonchev–Trinajstić information content (AvgIpc) is 3.28. The van der Waals surface area contributed by atoms with E-state index in [0.717, 1.165) is 5.56 Å². The minimum Gasteiger partial charge on any atom is -0.350 e. The number of hydrogen-bond acceptors (Lipinski definition) is 5. The van der Waals surface area contributed by atoms with Crippen LogP contribution in [-0.2, 0) is 0 Å². The number of thioether (sulfide) groups is 2. The van der Waals surface area contributed by atoms with E-state index in [1.54, 1.807) is 11.3 Å². The first-order valence-corrected chi connectivity index (χ1v) is 11.0. The predicted molar refractivity (Wildman–Crippen MR) is 107 cm³/mol. The Labute approximate surface area is 156 Å². The summed E-state index contributed by atoms with van der Waals surface area (Å²) in [6.45, 7) is 0.610. The lowest BCUT2D eigenvalue weighted by Crippen LogP contribution is -2.34. The number of likely N-dealkylation sites (N-methyl/N-ethyl adjacent to an activating group) is 1. The number of benzene rings is 1. The van der Waals surface area contributed by atoms with Crippen molar-refractivity contribution in [3.63, 3.8) is 0 Å². The number of carbonyl (C=O) groups excluding carboxylic acids is 1. The van der Waals surface area contributed by atoms with Gasteiger partial charge in [-0.25, -0.2) is 0 Å². The fraction of sp³-hybridized carbons (Fsp3) is 0.389. The molecule has 0 saturated carbocycles. The molecule has 0 aliphatic carbocycles. The summed E-state index contributed by atoms with van der Waals surface area (Å²) in [5, 5.41) is 7.29. The molecule has 0 spiro atoms. The maximum Gasteiger partial charge on any atom is 0.251 e. The van der Waals surface area contributed by atoms with Crippen LogP contribution >= 0.6 is 34.9 Å². The highest BCUT2D eigenvalue weighted by molar-refractivity contribution is 8.19. The van der Waals surface area contributed by atoms with Crippen molar-refractivity contribution in [2.75, 3.05) is 32.1 Å². The molecule has 0 radical (unpaired) electrons. The number of nitrogens with zero attached hydrogens (tertiary/aromatic N) is 1. The fourth-order valence-corrected chi connectivity index (χ4v) is 6.26. The van der Waals surface area contributed by atoms with Crippen molar-refractivity contribution in [3.05, 3.63) is 57.8 Å². The molecular weight excluding hydrogens is 356 g/mol. The van der Waals surface area contributed by atoms with Gasteiger partial charge in [-0.15, -0.1) is 23.5 Å². The maximum atomic E-state index is 12.4.